The minimum atomic E-state index is 0.670. The van der Waals surface area contributed by atoms with Crippen molar-refractivity contribution in [2.45, 2.75) is 13.8 Å². The zero-order chi connectivity index (χ0) is 9.72. The van der Waals surface area contributed by atoms with Crippen molar-refractivity contribution in [3.63, 3.8) is 0 Å². The molecule has 0 bridgehead atoms. The van der Waals surface area contributed by atoms with E-state index in [1.165, 1.54) is 5.56 Å². The average molecular weight is 166 g/mol. The van der Waals surface area contributed by atoms with Crippen LogP contribution in [0.2, 0.25) is 0 Å². The summed E-state index contributed by atoms with van der Waals surface area (Å²) in [5, 5.41) is 0. The molecule has 1 aromatic carbocycles. The van der Waals surface area contributed by atoms with Crippen LogP contribution >= 0.6 is 0 Å². The fourth-order valence-electron chi connectivity index (χ4n) is 0.858. The van der Waals surface area contributed by atoms with Crippen molar-refractivity contribution < 1.29 is 4.32 Å². The third-order valence-corrected chi connectivity index (χ3v) is 1.82. The molecule has 0 saturated heterocycles. The molecular weight excluding hydrogens is 154 g/mol. The van der Waals surface area contributed by atoms with Crippen molar-refractivity contribution in [3.8, 4) is 0 Å². The van der Waals surface area contributed by atoms with Gasteiger partial charge in [0, 0.05) is 0 Å². The minimum Gasteiger partial charge on any atom is -0.397 e. The van der Waals surface area contributed by atoms with E-state index in [1.54, 1.807) is 0 Å². The van der Waals surface area contributed by atoms with E-state index < -0.39 is 0 Å². The highest BCUT2D eigenvalue weighted by molar-refractivity contribution is 5.96. The Hall–Kier alpha value is -1.19. The van der Waals surface area contributed by atoms with E-state index in [1.807, 2.05) is 26.0 Å². The molecule has 0 spiro atoms. The molecular formula is C8H12BFN2. The maximum absolute atomic E-state index is 9.00. The number of halogens is 1. The molecule has 0 aliphatic rings. The molecule has 1 rings (SSSR count). The summed E-state index contributed by atoms with van der Waals surface area (Å²) in [6, 6.07) is 3.80. The Morgan fingerprint density at radius 2 is 1.67 bits per heavy atom. The fourth-order valence-corrected chi connectivity index (χ4v) is 0.858. The lowest BCUT2D eigenvalue weighted by molar-refractivity contribution is 0.902. The lowest BCUT2D eigenvalue weighted by Crippen LogP contribution is -1.98. The average Bonchev–Trinajstić information content (AvgIpc) is 2.12. The number of benzene rings is 1. The molecule has 0 amide bonds. The summed E-state index contributed by atoms with van der Waals surface area (Å²) in [7, 11) is 3.00. The summed E-state index contributed by atoms with van der Waals surface area (Å²) in [4.78, 5) is 0. The largest absolute Gasteiger partial charge is 0.397 e. The molecule has 4 heteroatoms. The Balaban J connectivity index is 0.000000561. The maximum Gasteiger partial charge on any atom is 0.350 e. The first kappa shape index (κ1) is 10.8. The van der Waals surface area contributed by atoms with Crippen LogP contribution in [0.15, 0.2) is 12.1 Å². The van der Waals surface area contributed by atoms with Gasteiger partial charge in [0.25, 0.3) is 0 Å². The zero-order valence-electron chi connectivity index (χ0n) is 7.26. The second kappa shape index (κ2) is 4.64. The Morgan fingerprint density at radius 3 is 2.08 bits per heavy atom. The van der Waals surface area contributed by atoms with E-state index in [-0.39, 0.29) is 0 Å². The topological polar surface area (TPSA) is 52.0 Å². The SMILES string of the molecule is Cc1ccc(N)c(N)c1C.[B]F. The first-order valence-corrected chi connectivity index (χ1v) is 3.46. The van der Waals surface area contributed by atoms with Crippen LogP contribution in [0.5, 0.6) is 0 Å². The Kier molecular flexibility index (Phi) is 4.19. The van der Waals surface area contributed by atoms with Gasteiger partial charge in [0.15, 0.2) is 0 Å². The Labute approximate surface area is 73.2 Å². The van der Waals surface area contributed by atoms with Gasteiger partial charge >= 0.3 is 8.12 Å². The molecule has 0 aliphatic heterocycles. The van der Waals surface area contributed by atoms with Crippen LogP contribution in [0.4, 0.5) is 15.7 Å². The smallest absolute Gasteiger partial charge is 0.350 e. The number of nitrogens with two attached hydrogens (primary N) is 2. The highest BCUT2D eigenvalue weighted by Gasteiger charge is 1.99. The number of hydrogen-bond acceptors (Lipinski definition) is 2. The van der Waals surface area contributed by atoms with E-state index in [4.69, 9.17) is 15.8 Å². The summed E-state index contributed by atoms with van der Waals surface area (Å²) in [5.41, 5.74) is 14.9. The molecule has 0 fully saturated rings. The van der Waals surface area contributed by atoms with Gasteiger partial charge in [-0.3, -0.25) is 0 Å². The first-order chi connectivity index (χ1) is 5.63. The molecule has 4 N–H and O–H groups in total. The van der Waals surface area contributed by atoms with Crippen LogP contribution in [0.1, 0.15) is 11.1 Å². The number of rotatable bonds is 0. The van der Waals surface area contributed by atoms with Gasteiger partial charge < -0.3 is 15.8 Å². The summed E-state index contributed by atoms with van der Waals surface area (Å²) in [6.07, 6.45) is 0. The lowest BCUT2D eigenvalue weighted by atomic mass is 10.1. The van der Waals surface area contributed by atoms with E-state index in [9.17, 15) is 0 Å². The summed E-state index contributed by atoms with van der Waals surface area (Å²) in [5.74, 6) is 0. The molecule has 0 heterocycles. The lowest BCUT2D eigenvalue weighted by Gasteiger charge is -2.05. The number of nitrogen functional groups attached to an aromatic ring is 2. The fraction of sp³-hybridized carbons (Fsp3) is 0.250. The van der Waals surface area contributed by atoms with E-state index in [0.717, 1.165) is 5.56 Å². The molecule has 0 unspecified atom stereocenters. The van der Waals surface area contributed by atoms with Gasteiger partial charge in [-0.1, -0.05) is 6.07 Å². The molecule has 0 aromatic heterocycles. The van der Waals surface area contributed by atoms with Gasteiger partial charge in [-0.25, -0.2) is 0 Å². The predicted molar refractivity (Wildman–Crippen MR) is 51.6 cm³/mol. The standard InChI is InChI=1S/C8H12N2.BF/c1-5-3-4-7(9)8(10)6(5)2;1-2/h3-4H,9-10H2,1-2H3;. The highest BCUT2D eigenvalue weighted by atomic mass is 19.1. The molecule has 0 atom stereocenters. The van der Waals surface area contributed by atoms with Gasteiger partial charge in [-0.15, -0.1) is 0 Å². The molecule has 1 aromatic rings. The zero-order valence-corrected chi connectivity index (χ0v) is 7.26. The Morgan fingerprint density at radius 1 is 1.17 bits per heavy atom. The van der Waals surface area contributed by atoms with Crippen LogP contribution in [-0.4, -0.2) is 8.12 Å². The molecule has 2 nitrogen and oxygen atoms in total. The summed E-state index contributed by atoms with van der Waals surface area (Å²) < 4.78 is 9.00. The maximum atomic E-state index is 9.00. The van der Waals surface area contributed by atoms with Gasteiger partial charge in [0.1, 0.15) is 0 Å². The van der Waals surface area contributed by atoms with Gasteiger partial charge in [0.05, 0.1) is 11.4 Å². The minimum absolute atomic E-state index is 0.670. The quantitative estimate of drug-likeness (QED) is 0.453. The van der Waals surface area contributed by atoms with Crippen molar-refractivity contribution >= 4 is 19.5 Å². The van der Waals surface area contributed by atoms with E-state index in [2.05, 4.69) is 8.12 Å². The van der Waals surface area contributed by atoms with Crippen molar-refractivity contribution in [1.29, 1.82) is 0 Å². The molecule has 12 heavy (non-hydrogen) atoms. The Bertz CT molecular complexity index is 236. The number of anilines is 2. The van der Waals surface area contributed by atoms with Crippen LogP contribution in [0, 0.1) is 13.8 Å². The van der Waals surface area contributed by atoms with Crippen LogP contribution < -0.4 is 11.5 Å². The molecule has 64 valence electrons. The molecule has 0 saturated carbocycles. The first-order valence-electron chi connectivity index (χ1n) is 3.46. The van der Waals surface area contributed by atoms with Crippen LogP contribution in [0.3, 0.4) is 0 Å². The third-order valence-electron chi connectivity index (χ3n) is 1.82. The number of hydrogen-bond donors (Lipinski definition) is 2. The molecule has 2 radical (unpaired) electrons. The number of aryl methyl sites for hydroxylation is 1. The van der Waals surface area contributed by atoms with E-state index in [0.29, 0.717) is 11.4 Å². The van der Waals surface area contributed by atoms with Gasteiger partial charge in [-0.2, -0.15) is 0 Å². The predicted octanol–water partition coefficient (Wildman–Crippen LogP) is 1.51. The van der Waals surface area contributed by atoms with Crippen molar-refractivity contribution in [2.24, 2.45) is 0 Å². The van der Waals surface area contributed by atoms with Crippen molar-refractivity contribution in [1.82, 2.24) is 0 Å². The normalized spacial score (nSPS) is 8.58. The monoisotopic (exact) mass is 166 g/mol. The third kappa shape index (κ3) is 2.15. The van der Waals surface area contributed by atoms with Gasteiger partial charge in [0.2, 0.25) is 0 Å². The van der Waals surface area contributed by atoms with Crippen LogP contribution in [-0.2, 0) is 0 Å². The van der Waals surface area contributed by atoms with Crippen molar-refractivity contribution in [2.75, 3.05) is 11.5 Å². The second-order valence-corrected chi connectivity index (χ2v) is 2.51. The molecule has 0 aliphatic carbocycles. The highest BCUT2D eigenvalue weighted by Crippen LogP contribution is 2.21. The summed E-state index contributed by atoms with van der Waals surface area (Å²) >= 11 is 0. The van der Waals surface area contributed by atoms with Crippen LogP contribution in [0.25, 0.3) is 0 Å². The second-order valence-electron chi connectivity index (χ2n) is 2.51. The van der Waals surface area contributed by atoms with Gasteiger partial charge in [-0.05, 0) is 31.0 Å². The summed E-state index contributed by atoms with van der Waals surface area (Å²) in [6.45, 7) is 3.99. The van der Waals surface area contributed by atoms with Crippen molar-refractivity contribution in [3.05, 3.63) is 23.3 Å². The van der Waals surface area contributed by atoms with E-state index >= 15 is 0 Å².